The fourth-order valence-electron chi connectivity index (χ4n) is 1.32. The molecule has 0 radical (unpaired) electrons. The van der Waals surface area contributed by atoms with E-state index in [1.165, 1.54) is 6.07 Å². The van der Waals surface area contributed by atoms with Gasteiger partial charge in [-0.2, -0.15) is 0 Å². The standard InChI is InChI=1S/C10H11BrFNO2.ClH/c1-5-2-6(11)3-7(10(5)12)8(13)4-9(14)15;/h2-3,8H,4,13H2,1H3,(H,14,15);1H/t8-;/m0./s1. The highest BCUT2D eigenvalue weighted by molar-refractivity contribution is 9.10. The maximum atomic E-state index is 13.6. The minimum atomic E-state index is -1.04. The number of carboxylic acids is 1. The summed E-state index contributed by atoms with van der Waals surface area (Å²) < 4.78 is 14.3. The molecule has 0 aliphatic rings. The molecular formula is C10H12BrClFNO2. The van der Waals surface area contributed by atoms with Crippen molar-refractivity contribution in [2.75, 3.05) is 0 Å². The molecule has 0 heterocycles. The van der Waals surface area contributed by atoms with Crippen LogP contribution in [0.2, 0.25) is 0 Å². The van der Waals surface area contributed by atoms with E-state index in [0.717, 1.165) is 0 Å². The molecule has 0 aliphatic heterocycles. The van der Waals surface area contributed by atoms with Crippen LogP contribution < -0.4 is 5.73 Å². The van der Waals surface area contributed by atoms with E-state index in [0.29, 0.717) is 10.0 Å². The number of halogens is 3. The summed E-state index contributed by atoms with van der Waals surface area (Å²) >= 11 is 3.21. The molecule has 0 saturated heterocycles. The number of carboxylic acid groups (broad SMARTS) is 1. The monoisotopic (exact) mass is 311 g/mol. The molecule has 3 nitrogen and oxygen atoms in total. The van der Waals surface area contributed by atoms with E-state index in [4.69, 9.17) is 10.8 Å². The molecule has 1 rings (SSSR count). The van der Waals surface area contributed by atoms with Crippen molar-refractivity contribution >= 4 is 34.3 Å². The van der Waals surface area contributed by atoms with Crippen LogP contribution in [0.4, 0.5) is 4.39 Å². The number of aryl methyl sites for hydroxylation is 1. The lowest BCUT2D eigenvalue weighted by Gasteiger charge is -2.12. The molecule has 0 unspecified atom stereocenters. The summed E-state index contributed by atoms with van der Waals surface area (Å²) in [5, 5.41) is 8.56. The molecule has 0 spiro atoms. The van der Waals surface area contributed by atoms with Crippen LogP contribution in [-0.2, 0) is 4.79 Å². The second kappa shape index (κ2) is 6.18. The van der Waals surface area contributed by atoms with Gasteiger partial charge in [-0.25, -0.2) is 4.39 Å². The van der Waals surface area contributed by atoms with Crippen molar-refractivity contribution < 1.29 is 14.3 Å². The molecule has 1 aromatic carbocycles. The zero-order valence-electron chi connectivity index (χ0n) is 8.54. The first kappa shape index (κ1) is 15.3. The van der Waals surface area contributed by atoms with Gasteiger partial charge in [0.05, 0.1) is 6.42 Å². The first-order valence-corrected chi connectivity index (χ1v) is 5.14. The molecule has 0 saturated carbocycles. The quantitative estimate of drug-likeness (QED) is 0.902. The number of carbonyl (C=O) groups is 1. The number of aliphatic carboxylic acids is 1. The van der Waals surface area contributed by atoms with Gasteiger partial charge in [0.15, 0.2) is 0 Å². The molecule has 6 heteroatoms. The van der Waals surface area contributed by atoms with E-state index in [-0.39, 0.29) is 24.4 Å². The Morgan fingerprint density at radius 1 is 1.62 bits per heavy atom. The van der Waals surface area contributed by atoms with Gasteiger partial charge in [0.25, 0.3) is 0 Å². The van der Waals surface area contributed by atoms with Crippen LogP contribution in [0.3, 0.4) is 0 Å². The molecule has 0 bridgehead atoms. The highest BCUT2D eigenvalue weighted by Crippen LogP contribution is 2.25. The number of benzene rings is 1. The van der Waals surface area contributed by atoms with E-state index in [9.17, 15) is 9.18 Å². The van der Waals surface area contributed by atoms with Crippen molar-refractivity contribution in [3.05, 3.63) is 33.5 Å². The van der Waals surface area contributed by atoms with Crippen molar-refractivity contribution in [1.29, 1.82) is 0 Å². The lowest BCUT2D eigenvalue weighted by atomic mass is 10.0. The number of nitrogens with two attached hydrogens (primary N) is 1. The summed E-state index contributed by atoms with van der Waals surface area (Å²) in [6.45, 7) is 1.61. The fraction of sp³-hybridized carbons (Fsp3) is 0.300. The highest BCUT2D eigenvalue weighted by Gasteiger charge is 2.16. The van der Waals surface area contributed by atoms with Gasteiger partial charge in [-0.05, 0) is 24.6 Å². The highest BCUT2D eigenvalue weighted by atomic mass is 79.9. The van der Waals surface area contributed by atoms with Gasteiger partial charge < -0.3 is 10.8 Å². The van der Waals surface area contributed by atoms with Crippen LogP contribution in [0.15, 0.2) is 16.6 Å². The van der Waals surface area contributed by atoms with Crippen LogP contribution >= 0.6 is 28.3 Å². The third-order valence-electron chi connectivity index (χ3n) is 2.04. The van der Waals surface area contributed by atoms with Crippen molar-refractivity contribution in [3.8, 4) is 0 Å². The van der Waals surface area contributed by atoms with Gasteiger partial charge in [0.1, 0.15) is 5.82 Å². The van der Waals surface area contributed by atoms with E-state index in [1.807, 2.05) is 0 Å². The predicted molar refractivity (Wildman–Crippen MR) is 65.3 cm³/mol. The summed E-state index contributed by atoms with van der Waals surface area (Å²) in [5.41, 5.74) is 6.26. The first-order valence-electron chi connectivity index (χ1n) is 4.34. The summed E-state index contributed by atoms with van der Waals surface area (Å²) in [4.78, 5) is 10.5. The van der Waals surface area contributed by atoms with Crippen molar-refractivity contribution in [1.82, 2.24) is 0 Å². The van der Waals surface area contributed by atoms with Crippen LogP contribution in [0.1, 0.15) is 23.6 Å². The largest absolute Gasteiger partial charge is 0.481 e. The van der Waals surface area contributed by atoms with Crippen LogP contribution in [0, 0.1) is 12.7 Å². The third kappa shape index (κ3) is 3.73. The molecular weight excluding hydrogens is 300 g/mol. The predicted octanol–water partition coefficient (Wildman–Crippen LogP) is 2.79. The second-order valence-electron chi connectivity index (χ2n) is 3.33. The average Bonchev–Trinajstić information content (AvgIpc) is 2.09. The van der Waals surface area contributed by atoms with Gasteiger partial charge >= 0.3 is 5.97 Å². The molecule has 3 N–H and O–H groups in total. The Kier molecular flexibility index (Phi) is 5.92. The fourth-order valence-corrected chi connectivity index (χ4v) is 1.91. The van der Waals surface area contributed by atoms with Crippen molar-refractivity contribution in [3.63, 3.8) is 0 Å². The number of hydrogen-bond acceptors (Lipinski definition) is 2. The van der Waals surface area contributed by atoms with Gasteiger partial charge in [0, 0.05) is 16.1 Å². The normalized spacial score (nSPS) is 11.8. The van der Waals surface area contributed by atoms with Gasteiger partial charge in [-0.1, -0.05) is 15.9 Å². The average molecular weight is 313 g/mol. The van der Waals surface area contributed by atoms with Gasteiger partial charge in [-0.15, -0.1) is 12.4 Å². The topological polar surface area (TPSA) is 63.3 Å². The smallest absolute Gasteiger partial charge is 0.305 e. The Labute approximate surface area is 107 Å². The molecule has 1 atom stereocenters. The van der Waals surface area contributed by atoms with E-state index in [2.05, 4.69) is 15.9 Å². The SMILES string of the molecule is Cc1cc(Br)cc([C@@H](N)CC(=O)O)c1F.Cl. The lowest BCUT2D eigenvalue weighted by molar-refractivity contribution is -0.137. The van der Waals surface area contributed by atoms with E-state index < -0.39 is 17.8 Å². The number of rotatable bonds is 3. The minimum absolute atomic E-state index is 0. The Morgan fingerprint density at radius 3 is 2.69 bits per heavy atom. The summed E-state index contributed by atoms with van der Waals surface area (Å²) in [5.74, 6) is -1.48. The Hall–Kier alpha value is -0.650. The zero-order valence-corrected chi connectivity index (χ0v) is 10.9. The lowest BCUT2D eigenvalue weighted by Crippen LogP contribution is -2.17. The first-order chi connectivity index (χ1) is 6.91. The van der Waals surface area contributed by atoms with E-state index in [1.54, 1.807) is 13.0 Å². The molecule has 16 heavy (non-hydrogen) atoms. The molecule has 0 fully saturated rings. The second-order valence-corrected chi connectivity index (χ2v) is 4.25. The van der Waals surface area contributed by atoms with Gasteiger partial charge in [0.2, 0.25) is 0 Å². The molecule has 0 aromatic heterocycles. The van der Waals surface area contributed by atoms with Crippen molar-refractivity contribution in [2.45, 2.75) is 19.4 Å². The zero-order chi connectivity index (χ0) is 11.6. The summed E-state index contributed by atoms with van der Waals surface area (Å²) in [6, 6.07) is 2.31. The van der Waals surface area contributed by atoms with Crippen LogP contribution in [0.5, 0.6) is 0 Å². The van der Waals surface area contributed by atoms with Crippen LogP contribution in [0.25, 0.3) is 0 Å². The Balaban J connectivity index is 0.00000225. The Morgan fingerprint density at radius 2 is 2.19 bits per heavy atom. The summed E-state index contributed by atoms with van der Waals surface area (Å²) in [7, 11) is 0. The minimum Gasteiger partial charge on any atom is -0.481 e. The number of hydrogen-bond donors (Lipinski definition) is 2. The maximum Gasteiger partial charge on any atom is 0.305 e. The molecule has 0 aliphatic carbocycles. The molecule has 1 aromatic rings. The maximum absolute atomic E-state index is 13.6. The third-order valence-corrected chi connectivity index (χ3v) is 2.50. The van der Waals surface area contributed by atoms with Gasteiger partial charge in [-0.3, -0.25) is 4.79 Å². The molecule has 90 valence electrons. The molecule has 0 amide bonds. The van der Waals surface area contributed by atoms with E-state index >= 15 is 0 Å². The Bertz CT molecular complexity index is 401. The van der Waals surface area contributed by atoms with Crippen LogP contribution in [-0.4, -0.2) is 11.1 Å². The van der Waals surface area contributed by atoms with Crippen molar-refractivity contribution in [2.24, 2.45) is 5.73 Å². The summed E-state index contributed by atoms with van der Waals surface area (Å²) in [6.07, 6.45) is -0.285.